The quantitative estimate of drug-likeness (QED) is 0.642. The Kier molecular flexibility index (Phi) is 8.22. The molecule has 5 nitrogen and oxygen atoms in total. The average molecular weight is 299 g/mol. The molecule has 1 heterocycles. The van der Waals surface area contributed by atoms with E-state index >= 15 is 0 Å². The summed E-state index contributed by atoms with van der Waals surface area (Å²) in [7, 11) is 0. The van der Waals surface area contributed by atoms with E-state index in [-0.39, 0.29) is 5.91 Å². The molecule has 5 heteroatoms. The smallest absolute Gasteiger partial charge is 0.237 e. The Hall–Kier alpha value is -0.650. The molecule has 1 aliphatic rings. The Morgan fingerprint density at radius 3 is 2.86 bits per heavy atom. The van der Waals surface area contributed by atoms with E-state index < -0.39 is 5.54 Å². The number of piperidine rings is 1. The largest absolute Gasteiger partial charge is 0.377 e. The van der Waals surface area contributed by atoms with E-state index in [1.165, 1.54) is 12.8 Å². The summed E-state index contributed by atoms with van der Waals surface area (Å²) in [6, 6.07) is 0. The van der Waals surface area contributed by atoms with Crippen molar-refractivity contribution in [2.24, 2.45) is 5.73 Å². The first-order valence-corrected chi connectivity index (χ1v) is 8.40. The van der Waals surface area contributed by atoms with Gasteiger partial charge in [-0.1, -0.05) is 13.8 Å². The number of carbonyl (C=O) groups is 1. The zero-order valence-corrected chi connectivity index (χ0v) is 14.0. The number of likely N-dealkylation sites (tertiary alicyclic amines) is 1. The van der Waals surface area contributed by atoms with Crippen LogP contribution in [0.1, 0.15) is 52.9 Å². The number of carbonyl (C=O) groups excluding carboxylic acids is 1. The van der Waals surface area contributed by atoms with Crippen molar-refractivity contribution < 1.29 is 9.53 Å². The second-order valence-electron chi connectivity index (χ2n) is 6.27. The van der Waals surface area contributed by atoms with Crippen LogP contribution in [-0.2, 0) is 9.53 Å². The van der Waals surface area contributed by atoms with E-state index in [0.29, 0.717) is 6.10 Å². The molecule has 0 aromatic carbocycles. The van der Waals surface area contributed by atoms with Gasteiger partial charge in [0.15, 0.2) is 0 Å². The normalized spacial score (nSPS) is 22.9. The monoisotopic (exact) mass is 299 g/mol. The third-order valence-electron chi connectivity index (χ3n) is 4.28. The minimum absolute atomic E-state index is 0.257. The van der Waals surface area contributed by atoms with Crippen LogP contribution in [-0.4, -0.2) is 55.2 Å². The van der Waals surface area contributed by atoms with Crippen molar-refractivity contribution in [3.05, 3.63) is 0 Å². The van der Waals surface area contributed by atoms with Gasteiger partial charge in [-0.25, -0.2) is 0 Å². The summed E-state index contributed by atoms with van der Waals surface area (Å²) in [5, 5.41) is 3.22. The van der Waals surface area contributed by atoms with Crippen molar-refractivity contribution in [1.82, 2.24) is 10.2 Å². The van der Waals surface area contributed by atoms with Gasteiger partial charge in [0.1, 0.15) is 0 Å². The summed E-state index contributed by atoms with van der Waals surface area (Å²) in [6.07, 6.45) is 5.60. The summed E-state index contributed by atoms with van der Waals surface area (Å²) in [5.41, 5.74) is 4.94. The van der Waals surface area contributed by atoms with Crippen molar-refractivity contribution >= 4 is 5.91 Å². The fourth-order valence-electron chi connectivity index (χ4n) is 2.98. The highest BCUT2D eigenvalue weighted by atomic mass is 16.5. The van der Waals surface area contributed by atoms with E-state index in [1.54, 1.807) is 0 Å². The first-order valence-electron chi connectivity index (χ1n) is 8.40. The highest BCUT2D eigenvalue weighted by Gasteiger charge is 2.29. The van der Waals surface area contributed by atoms with Crippen LogP contribution in [0.3, 0.4) is 0 Å². The van der Waals surface area contributed by atoms with Gasteiger partial charge >= 0.3 is 0 Å². The third-order valence-corrected chi connectivity index (χ3v) is 4.28. The van der Waals surface area contributed by atoms with Gasteiger partial charge in [-0.2, -0.15) is 0 Å². The standard InChI is InChI=1S/C16H33N3O2/c1-4-12-21-14-8-6-10-19(13-14)11-7-9-16(3,15(17)20)18-5-2/h14,18H,4-13H2,1-3H3,(H2,17,20). The maximum absolute atomic E-state index is 11.6. The molecule has 124 valence electrons. The SMILES string of the molecule is CCCOC1CCCN(CCCC(C)(NCC)C(N)=O)C1. The van der Waals surface area contributed by atoms with E-state index in [9.17, 15) is 4.79 Å². The van der Waals surface area contributed by atoms with Crippen LogP contribution in [0.2, 0.25) is 0 Å². The molecule has 0 saturated carbocycles. The Morgan fingerprint density at radius 1 is 1.48 bits per heavy atom. The molecule has 21 heavy (non-hydrogen) atoms. The lowest BCUT2D eigenvalue weighted by atomic mass is 9.94. The van der Waals surface area contributed by atoms with Crippen LogP contribution in [0.15, 0.2) is 0 Å². The molecular weight excluding hydrogens is 266 g/mol. The Morgan fingerprint density at radius 2 is 2.24 bits per heavy atom. The number of ether oxygens (including phenoxy) is 1. The van der Waals surface area contributed by atoms with Gasteiger partial charge < -0.3 is 20.7 Å². The van der Waals surface area contributed by atoms with Gasteiger partial charge in [0.05, 0.1) is 11.6 Å². The topological polar surface area (TPSA) is 67.6 Å². The molecule has 0 spiro atoms. The highest BCUT2D eigenvalue weighted by Crippen LogP contribution is 2.17. The Bertz CT molecular complexity index is 312. The number of hydrogen-bond acceptors (Lipinski definition) is 4. The highest BCUT2D eigenvalue weighted by molar-refractivity contribution is 5.84. The molecular formula is C16H33N3O2. The van der Waals surface area contributed by atoms with E-state index in [4.69, 9.17) is 10.5 Å². The number of likely N-dealkylation sites (N-methyl/N-ethyl adjacent to an activating group) is 1. The predicted molar refractivity (Wildman–Crippen MR) is 86.2 cm³/mol. The number of amides is 1. The van der Waals surface area contributed by atoms with E-state index in [1.807, 2.05) is 13.8 Å². The van der Waals surface area contributed by atoms with Gasteiger partial charge in [0.25, 0.3) is 0 Å². The fraction of sp³-hybridized carbons (Fsp3) is 0.938. The van der Waals surface area contributed by atoms with Gasteiger partial charge in [0.2, 0.25) is 5.91 Å². The van der Waals surface area contributed by atoms with Crippen molar-refractivity contribution in [1.29, 1.82) is 0 Å². The number of nitrogens with one attached hydrogen (secondary N) is 1. The number of rotatable bonds is 10. The third kappa shape index (κ3) is 6.32. The van der Waals surface area contributed by atoms with Crippen molar-refractivity contribution in [2.75, 3.05) is 32.8 Å². The molecule has 0 bridgehead atoms. The molecule has 0 aromatic rings. The first-order chi connectivity index (χ1) is 10.0. The summed E-state index contributed by atoms with van der Waals surface area (Å²) < 4.78 is 5.86. The summed E-state index contributed by atoms with van der Waals surface area (Å²) in [6.45, 7) is 10.8. The van der Waals surface area contributed by atoms with E-state index in [0.717, 1.165) is 52.0 Å². The molecule has 2 atom stereocenters. The summed E-state index contributed by atoms with van der Waals surface area (Å²) in [4.78, 5) is 14.0. The van der Waals surface area contributed by atoms with Gasteiger partial charge in [-0.3, -0.25) is 4.79 Å². The first kappa shape index (κ1) is 18.4. The van der Waals surface area contributed by atoms with E-state index in [2.05, 4.69) is 17.1 Å². The van der Waals surface area contributed by atoms with Crippen LogP contribution in [0.4, 0.5) is 0 Å². The lowest BCUT2D eigenvalue weighted by molar-refractivity contribution is -0.124. The van der Waals surface area contributed by atoms with Crippen molar-refractivity contribution in [3.63, 3.8) is 0 Å². The molecule has 3 N–H and O–H groups in total. The van der Waals surface area contributed by atoms with Crippen LogP contribution in [0.25, 0.3) is 0 Å². The number of nitrogens with zero attached hydrogens (tertiary/aromatic N) is 1. The molecule has 0 aromatic heterocycles. The Balaban J connectivity index is 2.32. The summed E-state index contributed by atoms with van der Waals surface area (Å²) in [5.74, 6) is -0.257. The number of hydrogen-bond donors (Lipinski definition) is 2. The minimum atomic E-state index is -0.581. The zero-order chi connectivity index (χ0) is 15.7. The molecule has 0 aliphatic carbocycles. The van der Waals surface area contributed by atoms with Crippen molar-refractivity contribution in [2.45, 2.75) is 64.5 Å². The molecule has 1 rings (SSSR count). The lowest BCUT2D eigenvalue weighted by Crippen LogP contribution is -2.53. The summed E-state index contributed by atoms with van der Waals surface area (Å²) >= 11 is 0. The predicted octanol–water partition coefficient (Wildman–Crippen LogP) is 1.51. The number of primary amides is 1. The molecule has 1 saturated heterocycles. The molecule has 1 amide bonds. The van der Waals surface area contributed by atoms with Crippen LogP contribution in [0.5, 0.6) is 0 Å². The molecule has 1 fully saturated rings. The second kappa shape index (κ2) is 9.38. The van der Waals surface area contributed by atoms with Gasteiger partial charge in [-0.15, -0.1) is 0 Å². The second-order valence-corrected chi connectivity index (χ2v) is 6.27. The Labute approximate surface area is 129 Å². The van der Waals surface area contributed by atoms with Crippen molar-refractivity contribution in [3.8, 4) is 0 Å². The van der Waals surface area contributed by atoms with Crippen LogP contribution >= 0.6 is 0 Å². The maximum atomic E-state index is 11.6. The van der Waals surface area contributed by atoms with Crippen LogP contribution in [0, 0.1) is 0 Å². The molecule has 0 radical (unpaired) electrons. The fourth-order valence-corrected chi connectivity index (χ4v) is 2.98. The van der Waals surface area contributed by atoms with Crippen LogP contribution < -0.4 is 11.1 Å². The van der Waals surface area contributed by atoms with Gasteiger partial charge in [-0.05, 0) is 58.7 Å². The van der Waals surface area contributed by atoms with Gasteiger partial charge in [0, 0.05) is 13.2 Å². The molecule has 1 aliphatic heterocycles. The average Bonchev–Trinajstić information content (AvgIpc) is 2.45. The minimum Gasteiger partial charge on any atom is -0.377 e. The molecule has 2 unspecified atom stereocenters. The number of nitrogens with two attached hydrogens (primary N) is 1. The maximum Gasteiger partial charge on any atom is 0.237 e. The zero-order valence-electron chi connectivity index (χ0n) is 14.0. The lowest BCUT2D eigenvalue weighted by Gasteiger charge is -2.34.